The van der Waals surface area contributed by atoms with Crippen LogP contribution in [0, 0.1) is 3.70 Å². The van der Waals surface area contributed by atoms with E-state index >= 15 is 0 Å². The second kappa shape index (κ2) is 4.69. The van der Waals surface area contributed by atoms with Crippen LogP contribution in [-0.2, 0) is 0 Å². The first-order chi connectivity index (χ1) is 6.97. The summed E-state index contributed by atoms with van der Waals surface area (Å²) in [5.74, 6) is -1.20. The molecule has 0 aromatic carbocycles. The second-order valence-corrected chi connectivity index (χ2v) is 3.69. The van der Waals surface area contributed by atoms with Gasteiger partial charge in [-0.25, -0.2) is 13.8 Å². The predicted molar refractivity (Wildman–Crippen MR) is 57.0 cm³/mol. The Labute approximate surface area is 98.0 Å². The Morgan fingerprint density at radius 3 is 2.67 bits per heavy atom. The van der Waals surface area contributed by atoms with Gasteiger partial charge in [0.25, 0.3) is 6.43 Å². The molecule has 0 radical (unpaired) electrons. The van der Waals surface area contributed by atoms with Gasteiger partial charge in [0, 0.05) is 0 Å². The third-order valence-electron chi connectivity index (χ3n) is 1.67. The van der Waals surface area contributed by atoms with E-state index in [1.54, 1.807) is 22.6 Å². The minimum absolute atomic E-state index is 0.263. The van der Waals surface area contributed by atoms with Gasteiger partial charge in [-0.05, 0) is 28.7 Å². The van der Waals surface area contributed by atoms with Crippen molar-refractivity contribution in [2.45, 2.75) is 6.43 Å². The third-order valence-corrected chi connectivity index (χ3v) is 2.22. The number of aromatic nitrogens is 1. The molecule has 0 atom stereocenters. The van der Waals surface area contributed by atoms with E-state index in [2.05, 4.69) is 9.72 Å². The number of nitrogens with zero attached hydrogens (tertiary/aromatic N) is 1. The average molecular weight is 328 g/mol. The summed E-state index contributed by atoms with van der Waals surface area (Å²) >= 11 is 1.78. The van der Waals surface area contributed by atoms with E-state index in [1.165, 1.54) is 13.2 Å². The van der Waals surface area contributed by atoms with E-state index in [1.807, 2.05) is 0 Å². The van der Waals surface area contributed by atoms with Gasteiger partial charge in [0.1, 0.15) is 3.70 Å². The first-order valence-electron chi connectivity index (χ1n) is 3.79. The normalized spacial score (nSPS) is 10.5. The van der Waals surface area contributed by atoms with E-state index in [-0.39, 0.29) is 11.4 Å². The summed E-state index contributed by atoms with van der Waals surface area (Å²) in [6.45, 7) is 0. The van der Waals surface area contributed by atoms with E-state index in [0.717, 1.165) is 0 Å². The Kier molecular flexibility index (Phi) is 3.77. The Balaban J connectivity index is 3.47. The summed E-state index contributed by atoms with van der Waals surface area (Å²) < 4.78 is 30.3. The molecule has 0 aliphatic rings. The quantitative estimate of drug-likeness (QED) is 0.679. The number of rotatable bonds is 3. The molecule has 15 heavy (non-hydrogen) atoms. The van der Waals surface area contributed by atoms with Crippen molar-refractivity contribution in [2.24, 2.45) is 5.73 Å². The summed E-state index contributed by atoms with van der Waals surface area (Å²) in [6, 6.07) is 1.20. The van der Waals surface area contributed by atoms with Crippen molar-refractivity contribution in [1.29, 1.82) is 0 Å². The van der Waals surface area contributed by atoms with Crippen molar-refractivity contribution in [3.05, 3.63) is 20.9 Å². The molecule has 82 valence electrons. The maximum absolute atomic E-state index is 12.6. The van der Waals surface area contributed by atoms with E-state index in [4.69, 9.17) is 5.73 Å². The van der Waals surface area contributed by atoms with Crippen LogP contribution in [-0.4, -0.2) is 18.0 Å². The molecular formula is C8H7F2IN2O2. The van der Waals surface area contributed by atoms with Crippen molar-refractivity contribution >= 4 is 28.5 Å². The van der Waals surface area contributed by atoms with Gasteiger partial charge in [-0.15, -0.1) is 0 Å². The Bertz CT molecular complexity index is 398. The van der Waals surface area contributed by atoms with E-state index in [0.29, 0.717) is 3.70 Å². The Morgan fingerprint density at radius 1 is 1.67 bits per heavy atom. The molecule has 4 nitrogen and oxygen atoms in total. The summed E-state index contributed by atoms with van der Waals surface area (Å²) in [7, 11) is 1.20. The highest BCUT2D eigenvalue weighted by Crippen LogP contribution is 2.31. The number of carbonyl (C=O) groups excluding carboxylic acids is 1. The van der Waals surface area contributed by atoms with Crippen LogP contribution in [0.25, 0.3) is 0 Å². The molecule has 0 aliphatic heterocycles. The Morgan fingerprint density at radius 2 is 2.27 bits per heavy atom. The van der Waals surface area contributed by atoms with E-state index < -0.39 is 17.9 Å². The lowest BCUT2D eigenvalue weighted by atomic mass is 10.1. The number of nitrogens with two attached hydrogens (primary N) is 1. The fourth-order valence-electron chi connectivity index (χ4n) is 1.07. The third kappa shape index (κ3) is 2.52. The standard InChI is InChI=1S/C8H7F2IN2O2/c1-15-8-5(6(9)10)3(7(12)14)2-4(11)13-8/h2,6H,1H3,(H2,12,14). The SMILES string of the molecule is COc1nc(I)cc(C(N)=O)c1C(F)F. The summed E-state index contributed by atoms with van der Waals surface area (Å²) in [4.78, 5) is 14.7. The zero-order chi connectivity index (χ0) is 11.6. The fourth-order valence-corrected chi connectivity index (χ4v) is 1.60. The highest BCUT2D eigenvalue weighted by Gasteiger charge is 2.23. The molecule has 1 rings (SSSR count). The molecule has 7 heteroatoms. The lowest BCUT2D eigenvalue weighted by Gasteiger charge is -2.10. The number of pyridine rings is 1. The number of alkyl halides is 2. The van der Waals surface area contributed by atoms with Crippen molar-refractivity contribution in [1.82, 2.24) is 4.98 Å². The molecule has 0 bridgehead atoms. The maximum atomic E-state index is 12.6. The molecule has 1 aromatic heterocycles. The van der Waals surface area contributed by atoms with Crippen LogP contribution in [0.4, 0.5) is 8.78 Å². The lowest BCUT2D eigenvalue weighted by Crippen LogP contribution is -2.16. The van der Waals surface area contributed by atoms with Crippen LogP contribution in [0.15, 0.2) is 6.07 Å². The van der Waals surface area contributed by atoms with Crippen LogP contribution in [0.1, 0.15) is 22.3 Å². The average Bonchev–Trinajstić information content (AvgIpc) is 2.15. The number of hydrogen-bond donors (Lipinski definition) is 1. The number of amides is 1. The van der Waals surface area contributed by atoms with Crippen LogP contribution >= 0.6 is 22.6 Å². The van der Waals surface area contributed by atoms with Gasteiger partial charge >= 0.3 is 0 Å². The smallest absolute Gasteiger partial charge is 0.269 e. The first-order valence-corrected chi connectivity index (χ1v) is 4.87. The highest BCUT2D eigenvalue weighted by atomic mass is 127. The Hall–Kier alpha value is -0.990. The summed E-state index contributed by atoms with van der Waals surface area (Å²) in [6.07, 6.45) is -2.85. The molecule has 1 aromatic rings. The number of carbonyl (C=O) groups is 1. The van der Waals surface area contributed by atoms with Crippen LogP contribution in [0.2, 0.25) is 0 Å². The maximum Gasteiger partial charge on any atom is 0.269 e. The molecule has 0 saturated heterocycles. The fraction of sp³-hybridized carbons (Fsp3) is 0.250. The van der Waals surface area contributed by atoms with Gasteiger partial charge in [-0.1, -0.05) is 0 Å². The molecule has 0 fully saturated rings. The number of hydrogen-bond acceptors (Lipinski definition) is 3. The highest BCUT2D eigenvalue weighted by molar-refractivity contribution is 14.1. The van der Waals surface area contributed by atoms with Crippen LogP contribution in [0.3, 0.4) is 0 Å². The molecule has 2 N–H and O–H groups in total. The molecular weight excluding hydrogens is 321 g/mol. The largest absolute Gasteiger partial charge is 0.481 e. The van der Waals surface area contributed by atoms with Gasteiger partial charge in [-0.2, -0.15) is 0 Å². The molecule has 0 unspecified atom stereocenters. The topological polar surface area (TPSA) is 65.2 Å². The number of halogens is 3. The number of methoxy groups -OCH3 is 1. The van der Waals surface area contributed by atoms with Crippen molar-refractivity contribution in [2.75, 3.05) is 7.11 Å². The summed E-state index contributed by atoms with van der Waals surface area (Å²) in [5, 5.41) is 0. The van der Waals surface area contributed by atoms with Gasteiger partial charge in [-0.3, -0.25) is 4.79 Å². The number of ether oxygens (including phenoxy) is 1. The first kappa shape index (κ1) is 12.1. The predicted octanol–water partition coefficient (Wildman–Crippen LogP) is 1.73. The van der Waals surface area contributed by atoms with Gasteiger partial charge in [0.05, 0.1) is 18.2 Å². The molecule has 0 aliphatic carbocycles. The van der Waals surface area contributed by atoms with Crippen molar-refractivity contribution in [3.8, 4) is 5.88 Å². The minimum atomic E-state index is -2.85. The van der Waals surface area contributed by atoms with Gasteiger partial charge in [0.2, 0.25) is 11.8 Å². The zero-order valence-corrected chi connectivity index (χ0v) is 9.79. The monoisotopic (exact) mass is 328 g/mol. The molecule has 1 amide bonds. The number of primary amides is 1. The van der Waals surface area contributed by atoms with Crippen molar-refractivity contribution in [3.63, 3.8) is 0 Å². The molecule has 0 spiro atoms. The second-order valence-electron chi connectivity index (χ2n) is 2.58. The van der Waals surface area contributed by atoms with Crippen LogP contribution < -0.4 is 10.5 Å². The van der Waals surface area contributed by atoms with Gasteiger partial charge in [0.15, 0.2) is 0 Å². The molecule has 1 heterocycles. The minimum Gasteiger partial charge on any atom is -0.481 e. The zero-order valence-electron chi connectivity index (χ0n) is 7.63. The van der Waals surface area contributed by atoms with Crippen molar-refractivity contribution < 1.29 is 18.3 Å². The molecule has 0 saturated carbocycles. The van der Waals surface area contributed by atoms with Gasteiger partial charge < -0.3 is 10.5 Å². The lowest BCUT2D eigenvalue weighted by molar-refractivity contribution is 0.0982. The van der Waals surface area contributed by atoms with E-state index in [9.17, 15) is 13.6 Å². The summed E-state index contributed by atoms with van der Waals surface area (Å²) in [5.41, 5.74) is 4.16. The van der Waals surface area contributed by atoms with Crippen LogP contribution in [0.5, 0.6) is 5.88 Å².